The standard InChI is InChI=1S/C15H13ClN4O3/c1-2-20-7-9(15(22)23)13(19-20)18-14(21)12-11(16)8-5-3-4-6-10(8)17-12/h3-7,17H,2H2,1H3,(H,22,23)(H,18,19,21). The van der Waals surface area contributed by atoms with Gasteiger partial charge in [0.05, 0.1) is 5.02 Å². The first-order valence-electron chi connectivity index (χ1n) is 6.89. The summed E-state index contributed by atoms with van der Waals surface area (Å²) >= 11 is 6.22. The lowest BCUT2D eigenvalue weighted by Gasteiger charge is -2.02. The van der Waals surface area contributed by atoms with Crippen molar-refractivity contribution in [1.29, 1.82) is 0 Å². The summed E-state index contributed by atoms with van der Waals surface area (Å²) in [5.74, 6) is -1.73. The van der Waals surface area contributed by atoms with Gasteiger partial charge in [-0.2, -0.15) is 5.10 Å². The highest BCUT2D eigenvalue weighted by atomic mass is 35.5. The number of hydrogen-bond acceptors (Lipinski definition) is 3. The van der Waals surface area contributed by atoms with E-state index < -0.39 is 11.9 Å². The van der Waals surface area contributed by atoms with Gasteiger partial charge in [0.1, 0.15) is 11.3 Å². The molecule has 0 radical (unpaired) electrons. The molecule has 0 saturated carbocycles. The lowest BCUT2D eigenvalue weighted by atomic mass is 10.2. The third kappa shape index (κ3) is 2.66. The van der Waals surface area contributed by atoms with Crippen LogP contribution in [0, 0.1) is 0 Å². The Bertz CT molecular complexity index is 913. The number of hydrogen-bond donors (Lipinski definition) is 3. The van der Waals surface area contributed by atoms with Gasteiger partial charge in [-0.25, -0.2) is 4.79 Å². The van der Waals surface area contributed by atoms with Crippen molar-refractivity contribution in [3.8, 4) is 0 Å². The monoisotopic (exact) mass is 332 g/mol. The fourth-order valence-corrected chi connectivity index (χ4v) is 2.56. The maximum atomic E-state index is 12.4. The third-order valence-corrected chi connectivity index (χ3v) is 3.81. The van der Waals surface area contributed by atoms with Crippen LogP contribution in [0.25, 0.3) is 10.9 Å². The van der Waals surface area contributed by atoms with Gasteiger partial charge < -0.3 is 15.4 Å². The Morgan fingerprint density at radius 1 is 1.39 bits per heavy atom. The third-order valence-electron chi connectivity index (χ3n) is 3.42. The SMILES string of the molecule is CCn1cc(C(=O)O)c(NC(=O)c2[nH]c3ccccc3c2Cl)n1. The Balaban J connectivity index is 1.96. The van der Waals surface area contributed by atoms with E-state index in [-0.39, 0.29) is 22.1 Å². The van der Waals surface area contributed by atoms with Crippen LogP contribution >= 0.6 is 11.6 Å². The second-order valence-corrected chi connectivity index (χ2v) is 5.24. The van der Waals surface area contributed by atoms with Crippen molar-refractivity contribution in [3.05, 3.63) is 46.7 Å². The number of aromatic nitrogens is 3. The fraction of sp³-hybridized carbons (Fsp3) is 0.133. The van der Waals surface area contributed by atoms with Crippen LogP contribution in [0.4, 0.5) is 5.82 Å². The molecule has 3 N–H and O–H groups in total. The second-order valence-electron chi connectivity index (χ2n) is 4.87. The van der Waals surface area contributed by atoms with Gasteiger partial charge in [-0.15, -0.1) is 0 Å². The summed E-state index contributed by atoms with van der Waals surface area (Å²) in [5, 5.41) is 16.7. The Hall–Kier alpha value is -2.80. The molecular formula is C15H13ClN4O3. The summed E-state index contributed by atoms with van der Waals surface area (Å²) in [4.78, 5) is 26.6. The van der Waals surface area contributed by atoms with Crippen LogP contribution in [0.2, 0.25) is 5.02 Å². The van der Waals surface area contributed by atoms with E-state index in [2.05, 4.69) is 15.4 Å². The van der Waals surface area contributed by atoms with Crippen LogP contribution in [-0.2, 0) is 6.54 Å². The van der Waals surface area contributed by atoms with E-state index in [0.29, 0.717) is 6.54 Å². The van der Waals surface area contributed by atoms with E-state index in [4.69, 9.17) is 11.6 Å². The van der Waals surface area contributed by atoms with Gasteiger partial charge in [0.2, 0.25) is 0 Å². The molecule has 0 saturated heterocycles. The van der Waals surface area contributed by atoms with Crippen LogP contribution < -0.4 is 5.32 Å². The number of aromatic amines is 1. The van der Waals surface area contributed by atoms with Crippen LogP contribution in [0.5, 0.6) is 0 Å². The first-order valence-corrected chi connectivity index (χ1v) is 7.27. The Labute approximate surface area is 135 Å². The molecule has 2 aromatic heterocycles. The summed E-state index contributed by atoms with van der Waals surface area (Å²) in [7, 11) is 0. The number of carboxylic acids is 1. The smallest absolute Gasteiger partial charge is 0.341 e. The zero-order valence-electron chi connectivity index (χ0n) is 12.1. The molecule has 8 heteroatoms. The number of aryl methyl sites for hydroxylation is 1. The van der Waals surface area contributed by atoms with Gasteiger partial charge in [0.25, 0.3) is 5.91 Å². The molecule has 0 unspecified atom stereocenters. The molecule has 0 aliphatic heterocycles. The number of carboxylic acid groups (broad SMARTS) is 1. The second kappa shape index (κ2) is 5.77. The van der Waals surface area contributed by atoms with Crippen molar-refractivity contribution in [3.63, 3.8) is 0 Å². The van der Waals surface area contributed by atoms with E-state index in [1.807, 2.05) is 19.1 Å². The number of aromatic carboxylic acids is 1. The number of amides is 1. The molecule has 0 bridgehead atoms. The van der Waals surface area contributed by atoms with Crippen molar-refractivity contribution in [2.45, 2.75) is 13.5 Å². The number of carbonyl (C=O) groups excluding carboxylic acids is 1. The molecule has 1 amide bonds. The number of fused-ring (bicyclic) bond motifs is 1. The minimum atomic E-state index is -1.16. The quantitative estimate of drug-likeness (QED) is 0.683. The maximum Gasteiger partial charge on any atom is 0.341 e. The zero-order chi connectivity index (χ0) is 16.6. The first-order chi connectivity index (χ1) is 11.0. The van der Waals surface area contributed by atoms with Crippen molar-refractivity contribution in [2.24, 2.45) is 0 Å². The number of H-pyrrole nitrogens is 1. The van der Waals surface area contributed by atoms with E-state index >= 15 is 0 Å². The van der Waals surface area contributed by atoms with Crippen molar-refractivity contribution in [2.75, 3.05) is 5.32 Å². The molecular weight excluding hydrogens is 320 g/mol. The zero-order valence-corrected chi connectivity index (χ0v) is 12.9. The normalized spacial score (nSPS) is 10.9. The van der Waals surface area contributed by atoms with Gasteiger partial charge in [-0.1, -0.05) is 29.8 Å². The van der Waals surface area contributed by atoms with Gasteiger partial charge >= 0.3 is 5.97 Å². The molecule has 0 spiro atoms. The number of nitrogens with zero attached hydrogens (tertiary/aromatic N) is 2. The van der Waals surface area contributed by atoms with Crippen molar-refractivity contribution >= 4 is 40.2 Å². The number of carbonyl (C=O) groups is 2. The lowest BCUT2D eigenvalue weighted by molar-refractivity contribution is 0.0698. The summed E-state index contributed by atoms with van der Waals surface area (Å²) in [6, 6.07) is 7.23. The molecule has 7 nitrogen and oxygen atoms in total. The van der Waals surface area contributed by atoms with Gasteiger partial charge in [-0.05, 0) is 13.0 Å². The van der Waals surface area contributed by atoms with Crippen molar-refractivity contribution in [1.82, 2.24) is 14.8 Å². The highest BCUT2D eigenvalue weighted by Crippen LogP contribution is 2.28. The summed E-state index contributed by atoms with van der Waals surface area (Å²) in [6.45, 7) is 2.31. The van der Waals surface area contributed by atoms with E-state index in [1.54, 1.807) is 12.1 Å². The van der Waals surface area contributed by atoms with Crippen LogP contribution in [0.3, 0.4) is 0 Å². The Morgan fingerprint density at radius 2 is 2.13 bits per heavy atom. The number of rotatable bonds is 4. The predicted molar refractivity (Wildman–Crippen MR) is 86.1 cm³/mol. The summed E-state index contributed by atoms with van der Waals surface area (Å²) < 4.78 is 1.44. The highest BCUT2D eigenvalue weighted by molar-refractivity contribution is 6.39. The molecule has 0 aliphatic rings. The average molecular weight is 333 g/mol. The topological polar surface area (TPSA) is 100 Å². The van der Waals surface area contributed by atoms with E-state index in [1.165, 1.54) is 10.9 Å². The number of para-hydroxylation sites is 1. The number of anilines is 1. The molecule has 0 fully saturated rings. The largest absolute Gasteiger partial charge is 0.477 e. The van der Waals surface area contributed by atoms with E-state index in [9.17, 15) is 14.7 Å². The number of benzene rings is 1. The minimum absolute atomic E-state index is 0.0147. The van der Waals surface area contributed by atoms with Crippen molar-refractivity contribution < 1.29 is 14.7 Å². The molecule has 23 heavy (non-hydrogen) atoms. The molecule has 2 heterocycles. The van der Waals surface area contributed by atoms with Crippen LogP contribution in [0.1, 0.15) is 27.8 Å². The lowest BCUT2D eigenvalue weighted by Crippen LogP contribution is -2.15. The fourth-order valence-electron chi connectivity index (χ4n) is 2.27. The molecule has 118 valence electrons. The van der Waals surface area contributed by atoms with Gasteiger partial charge in [-0.3, -0.25) is 9.48 Å². The Morgan fingerprint density at radius 3 is 2.78 bits per heavy atom. The summed E-state index contributed by atoms with van der Waals surface area (Å²) in [6.07, 6.45) is 1.37. The summed E-state index contributed by atoms with van der Waals surface area (Å²) in [5.41, 5.74) is 0.808. The first kappa shape index (κ1) is 15.1. The minimum Gasteiger partial charge on any atom is -0.477 e. The van der Waals surface area contributed by atoms with E-state index in [0.717, 1.165) is 10.9 Å². The molecule has 0 aliphatic carbocycles. The van der Waals surface area contributed by atoms with Gasteiger partial charge in [0.15, 0.2) is 5.82 Å². The highest BCUT2D eigenvalue weighted by Gasteiger charge is 2.21. The van der Waals surface area contributed by atoms with Crippen LogP contribution in [0.15, 0.2) is 30.5 Å². The molecule has 0 atom stereocenters. The molecule has 3 rings (SSSR count). The Kier molecular flexibility index (Phi) is 3.79. The maximum absolute atomic E-state index is 12.4. The number of halogens is 1. The molecule has 1 aromatic carbocycles. The van der Waals surface area contributed by atoms with Gasteiger partial charge in [0, 0.05) is 23.6 Å². The number of nitrogens with one attached hydrogen (secondary N) is 2. The molecule has 3 aromatic rings. The van der Waals surface area contributed by atoms with Crippen LogP contribution in [-0.4, -0.2) is 31.7 Å². The predicted octanol–water partition coefficient (Wildman–Crippen LogP) is 2.99. The average Bonchev–Trinajstić information content (AvgIpc) is 3.09.